The van der Waals surface area contributed by atoms with Gasteiger partial charge in [-0.25, -0.2) is 4.98 Å². The molecule has 0 aliphatic rings. The minimum absolute atomic E-state index is 0.0340. The fourth-order valence-electron chi connectivity index (χ4n) is 1.70. The highest BCUT2D eigenvalue weighted by atomic mass is 32.1. The maximum absolute atomic E-state index is 9.42. The molecule has 2 N–H and O–H groups in total. The summed E-state index contributed by atoms with van der Waals surface area (Å²) < 4.78 is 0. The van der Waals surface area contributed by atoms with Crippen LogP contribution in [0.15, 0.2) is 5.38 Å². The molecule has 0 radical (unpaired) electrons. The van der Waals surface area contributed by atoms with Gasteiger partial charge in [0.25, 0.3) is 0 Å². The smallest absolute Gasteiger partial charge is 0.107 e. The van der Waals surface area contributed by atoms with Crippen LogP contribution in [0, 0.1) is 12.3 Å². The topological polar surface area (TPSA) is 45.1 Å². The standard InChI is InChI=1S/C12H22N2OS/c1-4-12(5-2,9-15)8-13-6-11-14-10(3)7-16-11/h7,13,15H,4-6,8-9H2,1-3H3. The van der Waals surface area contributed by atoms with Crippen molar-refractivity contribution >= 4 is 11.3 Å². The van der Waals surface area contributed by atoms with Gasteiger partial charge in [0.2, 0.25) is 0 Å². The normalized spacial score (nSPS) is 12.0. The lowest BCUT2D eigenvalue weighted by Gasteiger charge is -2.29. The molecule has 4 heteroatoms. The Morgan fingerprint density at radius 3 is 2.56 bits per heavy atom. The van der Waals surface area contributed by atoms with Crippen LogP contribution in [0.2, 0.25) is 0 Å². The quantitative estimate of drug-likeness (QED) is 0.771. The van der Waals surface area contributed by atoms with Gasteiger partial charge in [-0.15, -0.1) is 11.3 Å². The number of aryl methyl sites for hydroxylation is 1. The Balaban J connectivity index is 2.39. The van der Waals surface area contributed by atoms with Crippen LogP contribution >= 0.6 is 11.3 Å². The predicted molar refractivity (Wildman–Crippen MR) is 68.7 cm³/mol. The van der Waals surface area contributed by atoms with Crippen molar-refractivity contribution < 1.29 is 5.11 Å². The van der Waals surface area contributed by atoms with Crippen LogP contribution in [0.5, 0.6) is 0 Å². The lowest BCUT2D eigenvalue weighted by Crippen LogP contribution is -2.36. The van der Waals surface area contributed by atoms with Gasteiger partial charge in [-0.3, -0.25) is 0 Å². The van der Waals surface area contributed by atoms with E-state index in [1.165, 1.54) is 0 Å². The van der Waals surface area contributed by atoms with Crippen molar-refractivity contribution in [2.45, 2.75) is 40.2 Å². The first-order valence-electron chi connectivity index (χ1n) is 5.88. The van der Waals surface area contributed by atoms with E-state index in [1.54, 1.807) is 11.3 Å². The Hall–Kier alpha value is -0.450. The van der Waals surface area contributed by atoms with E-state index in [-0.39, 0.29) is 12.0 Å². The highest BCUT2D eigenvalue weighted by molar-refractivity contribution is 7.09. The number of thiazole rings is 1. The monoisotopic (exact) mass is 242 g/mol. The molecule has 0 aliphatic carbocycles. The molecule has 0 saturated carbocycles. The number of rotatable bonds is 7. The molecule has 0 atom stereocenters. The average Bonchev–Trinajstić information content (AvgIpc) is 2.71. The largest absolute Gasteiger partial charge is 0.396 e. The van der Waals surface area contributed by atoms with Gasteiger partial charge in [-0.2, -0.15) is 0 Å². The molecule has 0 amide bonds. The van der Waals surface area contributed by atoms with Crippen LogP contribution in [0.25, 0.3) is 0 Å². The lowest BCUT2D eigenvalue weighted by atomic mass is 9.83. The van der Waals surface area contributed by atoms with Crippen LogP contribution in [0.4, 0.5) is 0 Å². The van der Waals surface area contributed by atoms with E-state index in [1.807, 2.05) is 6.92 Å². The second kappa shape index (κ2) is 6.33. The average molecular weight is 242 g/mol. The summed E-state index contributed by atoms with van der Waals surface area (Å²) in [5.41, 5.74) is 1.12. The Labute approximate surface area is 102 Å². The molecule has 1 aromatic rings. The van der Waals surface area contributed by atoms with Crippen molar-refractivity contribution in [1.82, 2.24) is 10.3 Å². The molecule has 0 aliphatic heterocycles. The SMILES string of the molecule is CCC(CC)(CO)CNCc1nc(C)cs1. The van der Waals surface area contributed by atoms with Crippen molar-refractivity contribution in [1.29, 1.82) is 0 Å². The number of hydrogen-bond donors (Lipinski definition) is 2. The molecule has 0 bridgehead atoms. The van der Waals surface area contributed by atoms with Crippen LogP contribution < -0.4 is 5.32 Å². The van der Waals surface area contributed by atoms with Crippen LogP contribution in [0.3, 0.4) is 0 Å². The van der Waals surface area contributed by atoms with E-state index in [4.69, 9.17) is 0 Å². The molecule has 0 fully saturated rings. The molecule has 0 spiro atoms. The number of hydrogen-bond acceptors (Lipinski definition) is 4. The molecular formula is C12H22N2OS. The second-order valence-electron chi connectivity index (χ2n) is 4.35. The zero-order valence-electron chi connectivity index (χ0n) is 10.4. The maximum atomic E-state index is 9.42. The van der Waals surface area contributed by atoms with Gasteiger partial charge in [0.05, 0.1) is 0 Å². The molecule has 0 saturated heterocycles. The van der Waals surface area contributed by atoms with E-state index >= 15 is 0 Å². The van der Waals surface area contributed by atoms with E-state index in [0.717, 1.165) is 36.6 Å². The Bertz CT molecular complexity index is 299. The zero-order valence-corrected chi connectivity index (χ0v) is 11.2. The first-order chi connectivity index (χ1) is 7.65. The number of nitrogens with one attached hydrogen (secondary N) is 1. The molecule has 0 unspecified atom stereocenters. The number of nitrogens with zero attached hydrogens (tertiary/aromatic N) is 1. The zero-order chi connectivity index (χ0) is 12.0. The van der Waals surface area contributed by atoms with Crippen molar-refractivity contribution in [2.75, 3.05) is 13.2 Å². The van der Waals surface area contributed by atoms with Crippen LogP contribution in [0.1, 0.15) is 37.4 Å². The maximum Gasteiger partial charge on any atom is 0.107 e. The van der Waals surface area contributed by atoms with E-state index in [9.17, 15) is 5.11 Å². The van der Waals surface area contributed by atoms with Gasteiger partial charge in [-0.05, 0) is 19.8 Å². The summed E-state index contributed by atoms with van der Waals surface area (Å²) in [5.74, 6) is 0. The number of aromatic nitrogens is 1. The van der Waals surface area contributed by atoms with Crippen LogP contribution in [-0.4, -0.2) is 23.2 Å². The highest BCUT2D eigenvalue weighted by Crippen LogP contribution is 2.24. The molecule has 16 heavy (non-hydrogen) atoms. The predicted octanol–water partition coefficient (Wildman–Crippen LogP) is 2.34. The third-order valence-corrected chi connectivity index (χ3v) is 4.24. The third kappa shape index (κ3) is 3.54. The Kier molecular flexibility index (Phi) is 5.38. The highest BCUT2D eigenvalue weighted by Gasteiger charge is 2.24. The number of aliphatic hydroxyl groups is 1. The third-order valence-electron chi connectivity index (χ3n) is 3.28. The summed E-state index contributed by atoms with van der Waals surface area (Å²) in [7, 11) is 0. The van der Waals surface area contributed by atoms with Crippen LogP contribution in [-0.2, 0) is 6.54 Å². The molecule has 1 heterocycles. The minimum Gasteiger partial charge on any atom is -0.396 e. The van der Waals surface area contributed by atoms with Gasteiger partial charge in [0, 0.05) is 36.2 Å². The first-order valence-corrected chi connectivity index (χ1v) is 6.76. The molecule has 3 nitrogen and oxygen atoms in total. The lowest BCUT2D eigenvalue weighted by molar-refractivity contribution is 0.113. The summed E-state index contributed by atoms with van der Waals surface area (Å²) in [4.78, 5) is 4.40. The summed E-state index contributed by atoms with van der Waals surface area (Å²) >= 11 is 1.69. The fourth-order valence-corrected chi connectivity index (χ4v) is 2.44. The van der Waals surface area contributed by atoms with Gasteiger partial charge >= 0.3 is 0 Å². The van der Waals surface area contributed by atoms with Crippen molar-refractivity contribution in [3.05, 3.63) is 16.1 Å². The first kappa shape index (κ1) is 13.6. The molecular weight excluding hydrogens is 220 g/mol. The van der Waals surface area contributed by atoms with E-state index < -0.39 is 0 Å². The van der Waals surface area contributed by atoms with Gasteiger partial charge in [0.1, 0.15) is 5.01 Å². The van der Waals surface area contributed by atoms with Crippen molar-refractivity contribution in [3.8, 4) is 0 Å². The Morgan fingerprint density at radius 2 is 2.12 bits per heavy atom. The van der Waals surface area contributed by atoms with Gasteiger partial charge in [-0.1, -0.05) is 13.8 Å². The summed E-state index contributed by atoms with van der Waals surface area (Å²) in [5, 5.41) is 16.0. The van der Waals surface area contributed by atoms with Crippen molar-refractivity contribution in [2.24, 2.45) is 5.41 Å². The number of aliphatic hydroxyl groups excluding tert-OH is 1. The molecule has 0 aromatic carbocycles. The fraction of sp³-hybridized carbons (Fsp3) is 0.750. The summed E-state index contributed by atoms with van der Waals surface area (Å²) in [6, 6.07) is 0. The van der Waals surface area contributed by atoms with E-state index in [2.05, 4.69) is 29.5 Å². The Morgan fingerprint density at radius 1 is 1.44 bits per heavy atom. The minimum atomic E-state index is 0.0340. The van der Waals surface area contributed by atoms with Crippen molar-refractivity contribution in [3.63, 3.8) is 0 Å². The molecule has 92 valence electrons. The molecule has 1 aromatic heterocycles. The molecule has 1 rings (SSSR count). The summed E-state index contributed by atoms with van der Waals surface area (Å²) in [6.45, 7) is 8.19. The summed E-state index contributed by atoms with van der Waals surface area (Å²) in [6.07, 6.45) is 2.01. The van der Waals surface area contributed by atoms with Gasteiger partial charge < -0.3 is 10.4 Å². The van der Waals surface area contributed by atoms with Gasteiger partial charge in [0.15, 0.2) is 0 Å². The van der Waals surface area contributed by atoms with E-state index in [0.29, 0.717) is 0 Å². The second-order valence-corrected chi connectivity index (χ2v) is 5.29.